The number of hydrogen-bond acceptors (Lipinski definition) is 1. The van der Waals surface area contributed by atoms with Crippen molar-refractivity contribution >= 4 is 10.8 Å². The van der Waals surface area contributed by atoms with E-state index in [0.29, 0.717) is 36.0 Å². The van der Waals surface area contributed by atoms with Crippen molar-refractivity contribution < 1.29 is 22.3 Å². The minimum Gasteiger partial charge on any atom is -0.494 e. The first kappa shape index (κ1) is 24.3. The van der Waals surface area contributed by atoms with Crippen LogP contribution in [-0.2, 0) is 12.8 Å². The quantitative estimate of drug-likeness (QED) is 0.150. The van der Waals surface area contributed by atoms with Crippen LogP contribution < -0.4 is 4.74 Å². The molecular formula is C30H24F4O. The van der Waals surface area contributed by atoms with Gasteiger partial charge in [-0.1, -0.05) is 49.5 Å². The summed E-state index contributed by atoms with van der Waals surface area (Å²) < 4.78 is 62.2. The van der Waals surface area contributed by atoms with E-state index in [4.69, 9.17) is 4.74 Å². The highest BCUT2D eigenvalue weighted by atomic mass is 19.2. The predicted molar refractivity (Wildman–Crippen MR) is 130 cm³/mol. The second-order valence-corrected chi connectivity index (χ2v) is 8.33. The van der Waals surface area contributed by atoms with Crippen LogP contribution in [-0.4, -0.2) is 6.61 Å². The van der Waals surface area contributed by atoms with Crippen molar-refractivity contribution in [1.82, 2.24) is 0 Å². The molecular weight excluding hydrogens is 452 g/mol. The molecule has 1 nitrogen and oxygen atoms in total. The van der Waals surface area contributed by atoms with E-state index in [1.807, 2.05) is 24.3 Å². The summed E-state index contributed by atoms with van der Waals surface area (Å²) in [5.41, 5.74) is 1.70. The first-order chi connectivity index (χ1) is 16.9. The van der Waals surface area contributed by atoms with Crippen LogP contribution in [0.3, 0.4) is 0 Å². The highest BCUT2D eigenvalue weighted by Gasteiger charge is 2.10. The van der Waals surface area contributed by atoms with E-state index in [1.54, 1.807) is 6.07 Å². The number of aryl methyl sites for hydroxylation is 2. The number of ether oxygens (including phenoxy) is 1. The SMILES string of the molecule is CCCCOc1ccc(CCc2cc(F)c(C#Cc3ccc4c(F)c(F)ccc4c3)c(F)c2)cc1. The molecule has 5 heteroatoms. The lowest BCUT2D eigenvalue weighted by atomic mass is 10.0. The summed E-state index contributed by atoms with van der Waals surface area (Å²) >= 11 is 0. The van der Waals surface area contributed by atoms with Crippen molar-refractivity contribution in [2.45, 2.75) is 32.6 Å². The van der Waals surface area contributed by atoms with Gasteiger partial charge < -0.3 is 4.74 Å². The van der Waals surface area contributed by atoms with Gasteiger partial charge in [0, 0.05) is 10.9 Å². The Morgan fingerprint density at radius 3 is 2.14 bits per heavy atom. The Kier molecular flexibility index (Phi) is 7.72. The molecule has 0 radical (unpaired) electrons. The van der Waals surface area contributed by atoms with E-state index in [-0.39, 0.29) is 10.9 Å². The van der Waals surface area contributed by atoms with Gasteiger partial charge in [-0.2, -0.15) is 0 Å². The molecule has 0 aromatic heterocycles. The normalized spacial score (nSPS) is 10.8. The molecule has 0 saturated carbocycles. The number of halogens is 4. The Labute approximate surface area is 202 Å². The van der Waals surface area contributed by atoms with Gasteiger partial charge in [-0.3, -0.25) is 0 Å². The topological polar surface area (TPSA) is 9.23 Å². The smallest absolute Gasteiger partial charge is 0.166 e. The molecule has 178 valence electrons. The number of fused-ring (bicyclic) bond motifs is 1. The lowest BCUT2D eigenvalue weighted by molar-refractivity contribution is 0.309. The molecule has 0 fully saturated rings. The molecule has 0 atom stereocenters. The molecule has 0 amide bonds. The monoisotopic (exact) mass is 476 g/mol. The number of benzene rings is 4. The number of rotatable bonds is 7. The van der Waals surface area contributed by atoms with E-state index in [1.165, 1.54) is 30.3 Å². The van der Waals surface area contributed by atoms with Crippen molar-refractivity contribution in [3.05, 3.63) is 112 Å². The maximum absolute atomic E-state index is 14.6. The third-order valence-electron chi connectivity index (χ3n) is 5.73. The van der Waals surface area contributed by atoms with Gasteiger partial charge in [-0.15, -0.1) is 0 Å². The maximum atomic E-state index is 14.6. The highest BCUT2D eigenvalue weighted by molar-refractivity contribution is 5.84. The fraction of sp³-hybridized carbons (Fsp3) is 0.200. The van der Waals surface area contributed by atoms with Crippen LogP contribution in [0.5, 0.6) is 5.75 Å². The second kappa shape index (κ2) is 11.1. The van der Waals surface area contributed by atoms with Crippen LogP contribution in [0.15, 0.2) is 66.7 Å². The van der Waals surface area contributed by atoms with E-state index >= 15 is 0 Å². The van der Waals surface area contributed by atoms with E-state index < -0.39 is 23.3 Å². The Morgan fingerprint density at radius 1 is 0.714 bits per heavy atom. The number of unbranched alkanes of at least 4 members (excludes halogenated alkanes) is 1. The van der Waals surface area contributed by atoms with Gasteiger partial charge in [0.05, 0.1) is 12.2 Å². The lowest BCUT2D eigenvalue weighted by Crippen LogP contribution is -1.98. The fourth-order valence-electron chi connectivity index (χ4n) is 3.74. The average Bonchev–Trinajstić information content (AvgIpc) is 2.85. The second-order valence-electron chi connectivity index (χ2n) is 8.33. The standard InChI is InChI=1S/C30H24F4O/c1-2-3-16-35-24-11-6-20(7-12-24)4-5-22-18-28(32)26(29(33)19-22)14-9-21-8-13-25-23(17-21)10-15-27(31)30(25)34/h6-8,10-13,15,17-19H,2-5,16H2,1H3. The van der Waals surface area contributed by atoms with Crippen LogP contribution in [0.2, 0.25) is 0 Å². The maximum Gasteiger partial charge on any atom is 0.166 e. The van der Waals surface area contributed by atoms with Crippen LogP contribution in [0.4, 0.5) is 17.6 Å². The summed E-state index contributed by atoms with van der Waals surface area (Å²) in [6.45, 7) is 2.79. The van der Waals surface area contributed by atoms with Crippen molar-refractivity contribution in [1.29, 1.82) is 0 Å². The Hall–Kier alpha value is -3.78. The first-order valence-corrected chi connectivity index (χ1v) is 11.5. The highest BCUT2D eigenvalue weighted by Crippen LogP contribution is 2.22. The molecule has 0 heterocycles. The zero-order chi connectivity index (χ0) is 24.8. The summed E-state index contributed by atoms with van der Waals surface area (Å²) in [4.78, 5) is 0. The largest absolute Gasteiger partial charge is 0.494 e. The summed E-state index contributed by atoms with van der Waals surface area (Å²) in [5.74, 6) is 2.71. The van der Waals surface area contributed by atoms with Gasteiger partial charge in [0.15, 0.2) is 11.6 Å². The first-order valence-electron chi connectivity index (χ1n) is 11.5. The Bertz CT molecular complexity index is 1380. The van der Waals surface area contributed by atoms with Gasteiger partial charge in [0.1, 0.15) is 17.4 Å². The Balaban J connectivity index is 1.44. The molecule has 35 heavy (non-hydrogen) atoms. The molecule has 4 rings (SSSR count). The number of hydrogen-bond donors (Lipinski definition) is 0. The third kappa shape index (κ3) is 6.02. The summed E-state index contributed by atoms with van der Waals surface area (Å²) in [6.07, 6.45) is 3.18. The predicted octanol–water partition coefficient (Wildman–Crippen LogP) is 7.76. The molecule has 0 saturated heterocycles. The Morgan fingerprint density at radius 2 is 1.43 bits per heavy atom. The zero-order valence-corrected chi connectivity index (χ0v) is 19.3. The van der Waals surface area contributed by atoms with Gasteiger partial charge in [0.2, 0.25) is 0 Å². The molecule has 0 N–H and O–H groups in total. The summed E-state index contributed by atoms with van der Waals surface area (Å²) in [6, 6.07) is 17.2. The average molecular weight is 477 g/mol. The molecule has 0 unspecified atom stereocenters. The fourth-order valence-corrected chi connectivity index (χ4v) is 3.74. The van der Waals surface area contributed by atoms with Crippen molar-refractivity contribution in [3.8, 4) is 17.6 Å². The molecule has 0 bridgehead atoms. The van der Waals surface area contributed by atoms with Crippen molar-refractivity contribution in [2.24, 2.45) is 0 Å². The van der Waals surface area contributed by atoms with Crippen molar-refractivity contribution in [3.63, 3.8) is 0 Å². The minimum absolute atomic E-state index is 0.121. The van der Waals surface area contributed by atoms with Crippen LogP contribution in [0.25, 0.3) is 10.8 Å². The summed E-state index contributed by atoms with van der Waals surface area (Å²) in [5, 5.41) is 0.573. The van der Waals surface area contributed by atoms with Gasteiger partial charge in [0.25, 0.3) is 0 Å². The van der Waals surface area contributed by atoms with E-state index in [0.717, 1.165) is 30.2 Å². The van der Waals surface area contributed by atoms with Crippen LogP contribution in [0, 0.1) is 35.1 Å². The third-order valence-corrected chi connectivity index (χ3v) is 5.73. The molecule has 4 aromatic carbocycles. The van der Waals surface area contributed by atoms with E-state index in [2.05, 4.69) is 18.8 Å². The summed E-state index contributed by atoms with van der Waals surface area (Å²) in [7, 11) is 0. The van der Waals surface area contributed by atoms with Gasteiger partial charge >= 0.3 is 0 Å². The molecule has 0 spiro atoms. The molecule has 0 aliphatic heterocycles. The van der Waals surface area contributed by atoms with Gasteiger partial charge in [-0.05, 0) is 78.2 Å². The van der Waals surface area contributed by atoms with E-state index in [9.17, 15) is 17.6 Å². The van der Waals surface area contributed by atoms with Crippen molar-refractivity contribution in [2.75, 3.05) is 6.61 Å². The van der Waals surface area contributed by atoms with Crippen LogP contribution in [0.1, 0.15) is 42.0 Å². The van der Waals surface area contributed by atoms with Crippen LogP contribution >= 0.6 is 0 Å². The zero-order valence-electron chi connectivity index (χ0n) is 19.3. The van der Waals surface area contributed by atoms with Gasteiger partial charge in [-0.25, -0.2) is 17.6 Å². The lowest BCUT2D eigenvalue weighted by Gasteiger charge is -2.08. The molecule has 0 aliphatic rings. The molecule has 0 aliphatic carbocycles. The molecule has 4 aromatic rings. The minimum atomic E-state index is -0.939.